The lowest BCUT2D eigenvalue weighted by molar-refractivity contribution is -0.115. The van der Waals surface area contributed by atoms with Crippen LogP contribution in [-0.4, -0.2) is 60.1 Å². The molecule has 0 aliphatic carbocycles. The number of phenols is 1. The summed E-state index contributed by atoms with van der Waals surface area (Å²) < 4.78 is 5.12. The number of methoxy groups -OCH3 is 1. The maximum Gasteiger partial charge on any atom is 0.161 e. The largest absolute Gasteiger partial charge is 0.504 e. The summed E-state index contributed by atoms with van der Waals surface area (Å²) in [7, 11) is 1.49. The average molecular weight is 506 g/mol. The molecule has 1 saturated heterocycles. The molecule has 2 atom stereocenters. The first kappa shape index (κ1) is 25.9. The SMILES string of the molecule is COc1cc(C=CC(=O)CC(N)N2CCN(C(c3ccccc3)c3ccc(Cl)cc3)CC2)ccc1O. The molecule has 3 aromatic rings. The third-order valence-electron chi connectivity index (χ3n) is 6.56. The second-order valence-electron chi connectivity index (χ2n) is 8.94. The first-order valence-corrected chi connectivity index (χ1v) is 12.4. The van der Waals surface area contributed by atoms with E-state index in [0.717, 1.165) is 36.8 Å². The summed E-state index contributed by atoms with van der Waals surface area (Å²) in [6.45, 7) is 3.24. The van der Waals surface area contributed by atoms with Crippen molar-refractivity contribution in [3.8, 4) is 11.5 Å². The molecule has 0 amide bonds. The second kappa shape index (κ2) is 12.2. The number of aromatic hydroxyl groups is 1. The Morgan fingerprint density at radius 3 is 2.31 bits per heavy atom. The summed E-state index contributed by atoms with van der Waals surface area (Å²) >= 11 is 6.14. The highest BCUT2D eigenvalue weighted by Gasteiger charge is 2.28. The van der Waals surface area contributed by atoms with Crippen LogP contribution in [-0.2, 0) is 4.79 Å². The molecule has 4 rings (SSSR count). The first-order chi connectivity index (χ1) is 17.4. The van der Waals surface area contributed by atoms with E-state index in [2.05, 4.69) is 46.2 Å². The lowest BCUT2D eigenvalue weighted by atomic mass is 9.96. The average Bonchev–Trinajstić information content (AvgIpc) is 2.90. The van der Waals surface area contributed by atoms with Crippen molar-refractivity contribution in [3.63, 3.8) is 0 Å². The smallest absolute Gasteiger partial charge is 0.161 e. The third-order valence-corrected chi connectivity index (χ3v) is 6.81. The van der Waals surface area contributed by atoms with Gasteiger partial charge in [-0.25, -0.2) is 0 Å². The molecule has 0 aromatic heterocycles. The molecular formula is C29H32ClN3O3. The summed E-state index contributed by atoms with van der Waals surface area (Å²) in [4.78, 5) is 17.2. The number of nitrogens with two attached hydrogens (primary N) is 1. The van der Waals surface area contributed by atoms with Gasteiger partial charge in [-0.1, -0.05) is 66.2 Å². The number of benzene rings is 3. The highest BCUT2D eigenvalue weighted by molar-refractivity contribution is 6.30. The first-order valence-electron chi connectivity index (χ1n) is 12.1. The van der Waals surface area contributed by atoms with Gasteiger partial charge in [-0.2, -0.15) is 0 Å². The summed E-state index contributed by atoms with van der Waals surface area (Å²) in [5.74, 6) is 0.389. The van der Waals surface area contributed by atoms with Crippen molar-refractivity contribution in [3.05, 3.63) is 101 Å². The van der Waals surface area contributed by atoms with Crippen molar-refractivity contribution in [2.45, 2.75) is 18.6 Å². The molecule has 1 aliphatic heterocycles. The number of hydrogen-bond acceptors (Lipinski definition) is 6. The van der Waals surface area contributed by atoms with Gasteiger partial charge in [0.2, 0.25) is 0 Å². The lowest BCUT2D eigenvalue weighted by Gasteiger charge is -2.41. The highest BCUT2D eigenvalue weighted by Crippen LogP contribution is 2.31. The molecule has 1 aliphatic rings. The van der Waals surface area contributed by atoms with Gasteiger partial charge in [0, 0.05) is 37.6 Å². The predicted octanol–water partition coefficient (Wildman–Crippen LogP) is 4.72. The monoisotopic (exact) mass is 505 g/mol. The van der Waals surface area contributed by atoms with E-state index in [1.807, 2.05) is 18.2 Å². The zero-order valence-corrected chi connectivity index (χ0v) is 21.1. The van der Waals surface area contributed by atoms with Gasteiger partial charge in [0.25, 0.3) is 0 Å². The number of phenolic OH excluding ortho intramolecular Hbond substituents is 1. The summed E-state index contributed by atoms with van der Waals surface area (Å²) in [6.07, 6.45) is 3.15. The fourth-order valence-corrected chi connectivity index (χ4v) is 4.74. The molecule has 188 valence electrons. The van der Waals surface area contributed by atoms with Crippen molar-refractivity contribution < 1.29 is 14.6 Å². The fraction of sp³-hybridized carbons (Fsp3) is 0.276. The minimum Gasteiger partial charge on any atom is -0.504 e. The van der Waals surface area contributed by atoms with E-state index in [9.17, 15) is 9.90 Å². The maximum atomic E-state index is 12.6. The zero-order chi connectivity index (χ0) is 25.5. The van der Waals surface area contributed by atoms with Gasteiger partial charge in [-0.15, -0.1) is 0 Å². The fourth-order valence-electron chi connectivity index (χ4n) is 4.61. The normalized spacial score (nSPS) is 16.6. The molecule has 1 fully saturated rings. The van der Waals surface area contributed by atoms with Crippen LogP contribution in [0.2, 0.25) is 5.02 Å². The predicted molar refractivity (Wildman–Crippen MR) is 144 cm³/mol. The van der Waals surface area contributed by atoms with Crippen LogP contribution in [0.1, 0.15) is 29.2 Å². The van der Waals surface area contributed by atoms with Crippen LogP contribution >= 0.6 is 11.6 Å². The van der Waals surface area contributed by atoms with E-state index in [1.54, 1.807) is 24.3 Å². The molecule has 0 radical (unpaired) electrons. The second-order valence-corrected chi connectivity index (χ2v) is 9.38. The number of hydrogen-bond donors (Lipinski definition) is 2. The Balaban J connectivity index is 1.36. The van der Waals surface area contributed by atoms with E-state index in [1.165, 1.54) is 24.3 Å². The van der Waals surface area contributed by atoms with E-state index in [0.29, 0.717) is 5.75 Å². The number of carbonyl (C=O) groups is 1. The van der Waals surface area contributed by atoms with Crippen LogP contribution in [0.15, 0.2) is 78.9 Å². The van der Waals surface area contributed by atoms with Gasteiger partial charge in [-0.3, -0.25) is 14.6 Å². The molecule has 0 spiro atoms. The van der Waals surface area contributed by atoms with E-state index in [4.69, 9.17) is 22.1 Å². The number of piperazine rings is 1. The molecule has 7 heteroatoms. The minimum atomic E-state index is -0.343. The number of ether oxygens (including phenoxy) is 1. The van der Waals surface area contributed by atoms with Gasteiger partial charge in [0.15, 0.2) is 17.3 Å². The van der Waals surface area contributed by atoms with Crippen molar-refractivity contribution in [1.82, 2.24) is 9.80 Å². The van der Waals surface area contributed by atoms with Gasteiger partial charge in [0.1, 0.15) is 0 Å². The molecular weight excluding hydrogens is 474 g/mol. The van der Waals surface area contributed by atoms with E-state index < -0.39 is 0 Å². The minimum absolute atomic E-state index is 0.0414. The lowest BCUT2D eigenvalue weighted by Crippen LogP contribution is -2.54. The van der Waals surface area contributed by atoms with Crippen LogP contribution in [0.25, 0.3) is 6.08 Å². The topological polar surface area (TPSA) is 79.0 Å². The van der Waals surface area contributed by atoms with Crippen LogP contribution in [0.4, 0.5) is 0 Å². The van der Waals surface area contributed by atoms with Crippen LogP contribution in [0, 0.1) is 0 Å². The van der Waals surface area contributed by atoms with E-state index in [-0.39, 0.29) is 30.2 Å². The zero-order valence-electron chi connectivity index (χ0n) is 20.4. The number of halogens is 1. The van der Waals surface area contributed by atoms with Gasteiger partial charge >= 0.3 is 0 Å². The number of nitrogens with zero attached hydrogens (tertiary/aromatic N) is 2. The molecule has 0 saturated carbocycles. The summed E-state index contributed by atoms with van der Waals surface area (Å²) in [5, 5.41) is 10.4. The van der Waals surface area contributed by atoms with Gasteiger partial charge in [-0.05, 0) is 47.0 Å². The number of rotatable bonds is 9. The Bertz CT molecular complexity index is 1180. The van der Waals surface area contributed by atoms with Crippen molar-refractivity contribution in [1.29, 1.82) is 0 Å². The number of allylic oxidation sites excluding steroid dienone is 1. The maximum absolute atomic E-state index is 12.6. The highest BCUT2D eigenvalue weighted by atomic mass is 35.5. The Hall–Kier alpha value is -3.16. The van der Waals surface area contributed by atoms with Crippen molar-refractivity contribution in [2.75, 3.05) is 33.3 Å². The number of ketones is 1. The van der Waals surface area contributed by atoms with Gasteiger partial charge in [0.05, 0.1) is 19.3 Å². The quantitative estimate of drug-likeness (QED) is 0.410. The van der Waals surface area contributed by atoms with Crippen LogP contribution < -0.4 is 10.5 Å². The van der Waals surface area contributed by atoms with Crippen molar-refractivity contribution in [2.24, 2.45) is 5.73 Å². The van der Waals surface area contributed by atoms with Crippen LogP contribution in [0.5, 0.6) is 11.5 Å². The summed E-state index contributed by atoms with van der Waals surface area (Å²) in [5.41, 5.74) is 9.64. The molecule has 2 unspecified atom stereocenters. The molecule has 1 heterocycles. The molecule has 3 aromatic carbocycles. The molecule has 36 heavy (non-hydrogen) atoms. The van der Waals surface area contributed by atoms with Crippen LogP contribution in [0.3, 0.4) is 0 Å². The Labute approximate surface area is 217 Å². The third kappa shape index (κ3) is 6.53. The number of carbonyl (C=O) groups excluding carboxylic acids is 1. The van der Waals surface area contributed by atoms with Crippen molar-refractivity contribution >= 4 is 23.5 Å². The summed E-state index contributed by atoms with van der Waals surface area (Å²) in [6, 6.07) is 23.6. The molecule has 0 bridgehead atoms. The Kier molecular flexibility index (Phi) is 8.78. The standard InChI is InChI=1S/C29H32ClN3O3/c1-36-27-19-21(8-14-26(27)35)7-13-25(34)20-28(31)32-15-17-33(18-16-32)29(22-5-3-2-4-6-22)23-9-11-24(30)12-10-23/h2-14,19,28-29,35H,15-18,20,31H2,1H3. The Morgan fingerprint density at radius 2 is 1.64 bits per heavy atom. The Morgan fingerprint density at radius 1 is 1.00 bits per heavy atom. The molecule has 6 nitrogen and oxygen atoms in total. The van der Waals surface area contributed by atoms with Gasteiger partial charge < -0.3 is 15.6 Å². The molecule has 3 N–H and O–H groups in total. The van der Waals surface area contributed by atoms with E-state index >= 15 is 0 Å².